The normalized spacial score (nSPS) is 11.8. The number of hydrogen-bond donors (Lipinski definition) is 1. The zero-order valence-electron chi connectivity index (χ0n) is 12.8. The second kappa shape index (κ2) is 7.31. The molecule has 1 N–H and O–H groups in total. The van der Waals surface area contributed by atoms with E-state index in [9.17, 15) is 9.18 Å². The molecular weight excluding hydrogens is 299 g/mol. The number of rotatable bonds is 5. The van der Waals surface area contributed by atoms with Crippen LogP contribution in [-0.2, 0) is 4.79 Å². The van der Waals surface area contributed by atoms with Gasteiger partial charge in [0.1, 0.15) is 5.82 Å². The van der Waals surface area contributed by atoms with Crippen LogP contribution in [0.4, 0.5) is 15.8 Å². The van der Waals surface area contributed by atoms with Crippen LogP contribution in [0.2, 0.25) is 0 Å². The summed E-state index contributed by atoms with van der Waals surface area (Å²) in [5.74, 6) is -0.451. The zero-order valence-corrected chi connectivity index (χ0v) is 13.7. The van der Waals surface area contributed by atoms with E-state index in [1.54, 1.807) is 25.1 Å². The molecule has 0 spiro atoms. The largest absolute Gasteiger partial charge is 0.378 e. The van der Waals surface area contributed by atoms with Gasteiger partial charge in [-0.2, -0.15) is 0 Å². The summed E-state index contributed by atoms with van der Waals surface area (Å²) in [5.41, 5.74) is 1.79. The number of amides is 1. The van der Waals surface area contributed by atoms with Gasteiger partial charge in [0.05, 0.1) is 5.25 Å². The fourth-order valence-electron chi connectivity index (χ4n) is 1.87. The van der Waals surface area contributed by atoms with Crippen molar-refractivity contribution in [3.8, 4) is 0 Å². The van der Waals surface area contributed by atoms with Gasteiger partial charge in [-0.3, -0.25) is 4.79 Å². The van der Waals surface area contributed by atoms with Gasteiger partial charge >= 0.3 is 0 Å². The molecule has 2 rings (SSSR count). The topological polar surface area (TPSA) is 32.3 Å². The molecule has 1 atom stereocenters. The van der Waals surface area contributed by atoms with Crippen LogP contribution in [-0.4, -0.2) is 25.3 Å². The predicted molar refractivity (Wildman–Crippen MR) is 91.1 cm³/mol. The molecule has 0 aliphatic heterocycles. The highest BCUT2D eigenvalue weighted by molar-refractivity contribution is 8.00. The summed E-state index contributed by atoms with van der Waals surface area (Å²) in [6.07, 6.45) is 0. The number of thioether (sulfide) groups is 1. The number of halogens is 1. The molecule has 5 heteroatoms. The molecule has 0 aromatic heterocycles. The van der Waals surface area contributed by atoms with E-state index < -0.39 is 0 Å². The Hall–Kier alpha value is -2.01. The van der Waals surface area contributed by atoms with Crippen molar-refractivity contribution in [2.24, 2.45) is 0 Å². The van der Waals surface area contributed by atoms with Crippen LogP contribution in [0.1, 0.15) is 6.92 Å². The number of benzene rings is 2. The van der Waals surface area contributed by atoms with Crippen LogP contribution in [0.15, 0.2) is 53.4 Å². The summed E-state index contributed by atoms with van der Waals surface area (Å²) in [6, 6.07) is 14.0. The lowest BCUT2D eigenvalue weighted by Gasteiger charge is -2.15. The number of nitrogens with one attached hydrogen (secondary N) is 1. The van der Waals surface area contributed by atoms with Crippen molar-refractivity contribution >= 4 is 29.0 Å². The number of carbonyl (C=O) groups excluding carboxylic acids is 1. The van der Waals surface area contributed by atoms with Crippen molar-refractivity contribution in [2.45, 2.75) is 17.1 Å². The Morgan fingerprint density at radius 3 is 2.36 bits per heavy atom. The molecule has 0 bridgehead atoms. The van der Waals surface area contributed by atoms with Gasteiger partial charge in [0.15, 0.2) is 0 Å². The first kappa shape index (κ1) is 16.4. The van der Waals surface area contributed by atoms with Crippen LogP contribution in [0.5, 0.6) is 0 Å². The second-order valence-electron chi connectivity index (χ2n) is 5.12. The van der Waals surface area contributed by atoms with Crippen molar-refractivity contribution in [1.29, 1.82) is 0 Å². The summed E-state index contributed by atoms with van der Waals surface area (Å²) in [6.45, 7) is 1.76. The van der Waals surface area contributed by atoms with Gasteiger partial charge in [0.2, 0.25) is 5.91 Å². The first-order valence-electron chi connectivity index (χ1n) is 6.97. The van der Waals surface area contributed by atoms with Gasteiger partial charge in [-0.05, 0) is 43.3 Å². The molecule has 0 fully saturated rings. The molecular formula is C17H19FN2OS. The second-order valence-corrected chi connectivity index (χ2v) is 6.50. The molecule has 22 heavy (non-hydrogen) atoms. The van der Waals surface area contributed by atoms with E-state index >= 15 is 0 Å². The molecule has 0 saturated carbocycles. The van der Waals surface area contributed by atoms with E-state index in [-0.39, 0.29) is 17.0 Å². The SMILES string of the molecule is CC(Sc1ccccc1F)C(=O)Nc1ccc(N(C)C)cc1. The van der Waals surface area contributed by atoms with Crippen LogP contribution in [0, 0.1) is 5.82 Å². The predicted octanol–water partition coefficient (Wildman–Crippen LogP) is 4.01. The molecule has 0 aliphatic rings. The third-order valence-corrected chi connectivity index (χ3v) is 4.31. The standard InChI is InChI=1S/C17H19FN2OS/c1-12(22-16-7-5-4-6-15(16)18)17(21)19-13-8-10-14(11-9-13)20(2)3/h4-12H,1-3H3,(H,19,21). The quantitative estimate of drug-likeness (QED) is 0.845. The molecule has 0 aliphatic carbocycles. The Bertz CT molecular complexity index is 643. The highest BCUT2D eigenvalue weighted by atomic mass is 32.2. The Morgan fingerprint density at radius 2 is 1.77 bits per heavy atom. The van der Waals surface area contributed by atoms with Crippen molar-refractivity contribution < 1.29 is 9.18 Å². The lowest BCUT2D eigenvalue weighted by molar-refractivity contribution is -0.115. The monoisotopic (exact) mass is 318 g/mol. The molecule has 0 saturated heterocycles. The van der Waals surface area contributed by atoms with Crippen LogP contribution >= 0.6 is 11.8 Å². The van der Waals surface area contributed by atoms with E-state index in [4.69, 9.17) is 0 Å². The van der Waals surface area contributed by atoms with Gasteiger partial charge in [-0.25, -0.2) is 4.39 Å². The fraction of sp³-hybridized carbons (Fsp3) is 0.235. The Balaban J connectivity index is 1.98. The first-order chi connectivity index (χ1) is 10.5. The van der Waals surface area contributed by atoms with Gasteiger partial charge in [0.25, 0.3) is 0 Å². The molecule has 2 aromatic rings. The molecule has 1 amide bonds. The Labute approximate surface area is 134 Å². The van der Waals surface area contributed by atoms with E-state index in [0.29, 0.717) is 4.90 Å². The maximum absolute atomic E-state index is 13.6. The van der Waals surface area contributed by atoms with E-state index in [1.165, 1.54) is 17.8 Å². The number of hydrogen-bond acceptors (Lipinski definition) is 3. The summed E-state index contributed by atoms with van der Waals surface area (Å²) < 4.78 is 13.6. The molecule has 0 heterocycles. The van der Waals surface area contributed by atoms with Crippen LogP contribution in [0.25, 0.3) is 0 Å². The van der Waals surface area contributed by atoms with Gasteiger partial charge in [0, 0.05) is 30.4 Å². The lowest BCUT2D eigenvalue weighted by atomic mass is 10.2. The molecule has 3 nitrogen and oxygen atoms in total. The Kier molecular flexibility index (Phi) is 5.44. The highest BCUT2D eigenvalue weighted by Gasteiger charge is 2.16. The minimum atomic E-state index is -0.384. The average molecular weight is 318 g/mol. The third kappa shape index (κ3) is 4.24. The maximum atomic E-state index is 13.6. The maximum Gasteiger partial charge on any atom is 0.237 e. The molecule has 0 radical (unpaired) electrons. The van der Waals surface area contributed by atoms with E-state index in [1.807, 2.05) is 43.3 Å². The van der Waals surface area contributed by atoms with Gasteiger partial charge in [-0.15, -0.1) is 11.8 Å². The molecule has 1 unspecified atom stereocenters. The summed E-state index contributed by atoms with van der Waals surface area (Å²) in [4.78, 5) is 14.7. The van der Waals surface area contributed by atoms with E-state index in [0.717, 1.165) is 11.4 Å². The minimum absolute atomic E-state index is 0.147. The summed E-state index contributed by atoms with van der Waals surface area (Å²) in [7, 11) is 3.92. The highest BCUT2D eigenvalue weighted by Crippen LogP contribution is 2.26. The summed E-state index contributed by atoms with van der Waals surface area (Å²) in [5, 5.41) is 2.46. The number of carbonyl (C=O) groups is 1. The smallest absolute Gasteiger partial charge is 0.237 e. The van der Waals surface area contributed by atoms with Crippen LogP contribution < -0.4 is 10.2 Å². The molecule has 2 aromatic carbocycles. The van der Waals surface area contributed by atoms with Crippen molar-refractivity contribution in [2.75, 3.05) is 24.3 Å². The van der Waals surface area contributed by atoms with Crippen LogP contribution in [0.3, 0.4) is 0 Å². The van der Waals surface area contributed by atoms with Crippen molar-refractivity contribution in [3.05, 3.63) is 54.3 Å². The zero-order chi connectivity index (χ0) is 16.1. The average Bonchev–Trinajstić information content (AvgIpc) is 2.50. The summed E-state index contributed by atoms with van der Waals surface area (Å²) >= 11 is 1.21. The minimum Gasteiger partial charge on any atom is -0.378 e. The number of nitrogens with zero attached hydrogens (tertiary/aromatic N) is 1. The van der Waals surface area contributed by atoms with Gasteiger partial charge in [-0.1, -0.05) is 12.1 Å². The van der Waals surface area contributed by atoms with E-state index in [2.05, 4.69) is 5.32 Å². The number of anilines is 2. The van der Waals surface area contributed by atoms with Crippen molar-refractivity contribution in [1.82, 2.24) is 0 Å². The lowest BCUT2D eigenvalue weighted by Crippen LogP contribution is -2.22. The van der Waals surface area contributed by atoms with Crippen molar-refractivity contribution in [3.63, 3.8) is 0 Å². The molecule has 116 valence electrons. The first-order valence-corrected chi connectivity index (χ1v) is 7.85. The van der Waals surface area contributed by atoms with Gasteiger partial charge < -0.3 is 10.2 Å². The Morgan fingerprint density at radius 1 is 1.14 bits per heavy atom. The fourth-order valence-corrected chi connectivity index (χ4v) is 2.76. The third-order valence-electron chi connectivity index (χ3n) is 3.16.